The zero-order chi connectivity index (χ0) is 10.9. The minimum absolute atomic E-state index is 0.111. The number of hydrogen-bond acceptors (Lipinski definition) is 5. The normalized spacial score (nSPS) is 31.7. The summed E-state index contributed by atoms with van der Waals surface area (Å²) < 4.78 is 10.4. The Labute approximate surface area is 89.0 Å². The maximum absolute atomic E-state index is 5.61. The number of nitrogens with two attached hydrogens (primary N) is 1. The number of methoxy groups -OCH3 is 1. The van der Waals surface area contributed by atoms with Gasteiger partial charge in [0.05, 0.1) is 0 Å². The van der Waals surface area contributed by atoms with E-state index in [0.29, 0.717) is 11.7 Å². The van der Waals surface area contributed by atoms with Crippen molar-refractivity contribution in [2.75, 3.05) is 12.8 Å². The lowest BCUT2D eigenvalue weighted by molar-refractivity contribution is -0.0658. The first-order valence-electron chi connectivity index (χ1n) is 5.31. The first kappa shape index (κ1) is 10.4. The molecular formula is C10H17N3O2. The van der Waals surface area contributed by atoms with Crippen LogP contribution in [0, 0.1) is 5.92 Å². The minimum atomic E-state index is -0.390. The second kappa shape index (κ2) is 3.81. The smallest absolute Gasteiger partial charge is 0.318 e. The Morgan fingerprint density at radius 3 is 2.93 bits per heavy atom. The zero-order valence-electron chi connectivity index (χ0n) is 9.19. The topological polar surface area (TPSA) is 74.2 Å². The summed E-state index contributed by atoms with van der Waals surface area (Å²) in [5.74, 6) is 1.22. The summed E-state index contributed by atoms with van der Waals surface area (Å²) in [5.41, 5.74) is 5.05. The summed E-state index contributed by atoms with van der Waals surface area (Å²) >= 11 is 0. The van der Waals surface area contributed by atoms with Gasteiger partial charge < -0.3 is 15.0 Å². The molecule has 1 heterocycles. The quantitative estimate of drug-likeness (QED) is 0.805. The Morgan fingerprint density at radius 2 is 2.40 bits per heavy atom. The predicted molar refractivity (Wildman–Crippen MR) is 55.0 cm³/mol. The van der Waals surface area contributed by atoms with Gasteiger partial charge in [-0.1, -0.05) is 18.5 Å². The van der Waals surface area contributed by atoms with E-state index in [9.17, 15) is 0 Å². The highest BCUT2D eigenvalue weighted by molar-refractivity contribution is 5.13. The Kier molecular flexibility index (Phi) is 2.65. The highest BCUT2D eigenvalue weighted by Crippen LogP contribution is 2.41. The Balaban J connectivity index is 2.27. The van der Waals surface area contributed by atoms with E-state index in [0.717, 1.165) is 19.3 Å². The van der Waals surface area contributed by atoms with Crippen molar-refractivity contribution in [1.82, 2.24) is 10.1 Å². The molecule has 0 radical (unpaired) electrons. The Bertz CT molecular complexity index is 339. The van der Waals surface area contributed by atoms with Crippen LogP contribution in [0.4, 0.5) is 6.01 Å². The van der Waals surface area contributed by atoms with Gasteiger partial charge in [-0.25, -0.2) is 0 Å². The number of aromatic nitrogens is 2. The number of ether oxygens (including phenoxy) is 1. The highest BCUT2D eigenvalue weighted by atomic mass is 16.5. The van der Waals surface area contributed by atoms with Gasteiger partial charge in [0.2, 0.25) is 5.82 Å². The molecule has 5 heteroatoms. The fourth-order valence-corrected chi connectivity index (χ4v) is 2.40. The zero-order valence-corrected chi connectivity index (χ0v) is 9.19. The third-order valence-corrected chi connectivity index (χ3v) is 3.20. The molecule has 2 unspecified atom stereocenters. The van der Waals surface area contributed by atoms with Gasteiger partial charge in [0, 0.05) is 7.11 Å². The van der Waals surface area contributed by atoms with E-state index >= 15 is 0 Å². The molecule has 2 N–H and O–H groups in total. The molecule has 0 aliphatic heterocycles. The third kappa shape index (κ3) is 1.84. The van der Waals surface area contributed by atoms with Gasteiger partial charge >= 0.3 is 6.01 Å². The molecule has 0 bridgehead atoms. The van der Waals surface area contributed by atoms with Crippen LogP contribution in [0.15, 0.2) is 4.52 Å². The number of nitrogen functional groups attached to an aromatic ring is 1. The van der Waals surface area contributed by atoms with Gasteiger partial charge in [0.15, 0.2) is 0 Å². The van der Waals surface area contributed by atoms with E-state index in [4.69, 9.17) is 15.0 Å². The first-order chi connectivity index (χ1) is 7.16. The molecule has 5 nitrogen and oxygen atoms in total. The van der Waals surface area contributed by atoms with Crippen LogP contribution in [0.5, 0.6) is 0 Å². The van der Waals surface area contributed by atoms with E-state index in [-0.39, 0.29) is 6.01 Å². The summed E-state index contributed by atoms with van der Waals surface area (Å²) in [4.78, 5) is 4.09. The molecule has 1 saturated carbocycles. The van der Waals surface area contributed by atoms with Crippen molar-refractivity contribution >= 4 is 6.01 Å². The molecule has 0 amide bonds. The number of rotatable bonds is 2. The second-order valence-corrected chi connectivity index (χ2v) is 4.36. The number of hydrogen-bond donors (Lipinski definition) is 1. The first-order valence-corrected chi connectivity index (χ1v) is 5.31. The third-order valence-electron chi connectivity index (χ3n) is 3.20. The SMILES string of the molecule is COC1(c2noc(N)n2)CCCC(C)C1. The van der Waals surface area contributed by atoms with E-state index in [2.05, 4.69) is 17.1 Å². The van der Waals surface area contributed by atoms with Crippen molar-refractivity contribution in [2.45, 2.75) is 38.2 Å². The second-order valence-electron chi connectivity index (χ2n) is 4.36. The van der Waals surface area contributed by atoms with Crippen LogP contribution in [0.2, 0.25) is 0 Å². The lowest BCUT2D eigenvalue weighted by Gasteiger charge is -2.36. The summed E-state index contributed by atoms with van der Waals surface area (Å²) in [7, 11) is 1.70. The molecular weight excluding hydrogens is 194 g/mol. The van der Waals surface area contributed by atoms with Gasteiger partial charge in [-0.2, -0.15) is 4.98 Å². The van der Waals surface area contributed by atoms with Crippen molar-refractivity contribution in [3.63, 3.8) is 0 Å². The maximum atomic E-state index is 5.61. The molecule has 2 rings (SSSR count). The van der Waals surface area contributed by atoms with Gasteiger partial charge in [0.1, 0.15) is 5.60 Å². The van der Waals surface area contributed by atoms with Crippen molar-refractivity contribution in [2.24, 2.45) is 5.92 Å². The van der Waals surface area contributed by atoms with Gasteiger partial charge in [-0.05, 0) is 25.2 Å². The van der Waals surface area contributed by atoms with Crippen LogP contribution in [-0.2, 0) is 10.3 Å². The molecule has 0 aromatic carbocycles. The molecule has 2 atom stereocenters. The molecule has 1 fully saturated rings. The van der Waals surface area contributed by atoms with Crippen LogP contribution in [0.1, 0.15) is 38.4 Å². The lowest BCUT2D eigenvalue weighted by Crippen LogP contribution is -2.35. The van der Waals surface area contributed by atoms with Crippen LogP contribution < -0.4 is 5.73 Å². The van der Waals surface area contributed by atoms with E-state index in [1.54, 1.807) is 7.11 Å². The Morgan fingerprint density at radius 1 is 1.60 bits per heavy atom. The monoisotopic (exact) mass is 211 g/mol. The summed E-state index contributed by atoms with van der Waals surface area (Å²) in [6.45, 7) is 2.22. The standard InChI is InChI=1S/C10H17N3O2/c1-7-4-3-5-10(6-7,14-2)8-12-9(11)15-13-8/h7H,3-6H2,1-2H3,(H2,11,12,13). The van der Waals surface area contributed by atoms with Crippen molar-refractivity contribution < 1.29 is 9.26 Å². The molecule has 1 aromatic heterocycles. The molecule has 84 valence electrons. The van der Waals surface area contributed by atoms with E-state index < -0.39 is 5.60 Å². The minimum Gasteiger partial charge on any atom is -0.370 e. The fourth-order valence-electron chi connectivity index (χ4n) is 2.40. The molecule has 0 spiro atoms. The van der Waals surface area contributed by atoms with E-state index in [1.165, 1.54) is 6.42 Å². The van der Waals surface area contributed by atoms with E-state index in [1.807, 2.05) is 0 Å². The number of nitrogens with zero attached hydrogens (tertiary/aromatic N) is 2. The Hall–Kier alpha value is -1.10. The van der Waals surface area contributed by atoms with Crippen molar-refractivity contribution in [3.8, 4) is 0 Å². The van der Waals surface area contributed by atoms with Gasteiger partial charge in [-0.3, -0.25) is 0 Å². The highest BCUT2D eigenvalue weighted by Gasteiger charge is 2.40. The number of anilines is 1. The van der Waals surface area contributed by atoms with Crippen LogP contribution >= 0.6 is 0 Å². The average Bonchev–Trinajstić information content (AvgIpc) is 2.65. The molecule has 1 aliphatic rings. The van der Waals surface area contributed by atoms with Gasteiger partial charge in [-0.15, -0.1) is 0 Å². The van der Waals surface area contributed by atoms with Gasteiger partial charge in [0.25, 0.3) is 0 Å². The van der Waals surface area contributed by atoms with Crippen LogP contribution in [0.25, 0.3) is 0 Å². The van der Waals surface area contributed by atoms with Crippen LogP contribution in [-0.4, -0.2) is 17.3 Å². The van der Waals surface area contributed by atoms with Crippen molar-refractivity contribution in [1.29, 1.82) is 0 Å². The summed E-state index contributed by atoms with van der Waals surface area (Å²) in [6.07, 6.45) is 4.23. The summed E-state index contributed by atoms with van der Waals surface area (Å²) in [5, 5.41) is 3.88. The molecule has 1 aliphatic carbocycles. The average molecular weight is 211 g/mol. The molecule has 0 saturated heterocycles. The maximum Gasteiger partial charge on any atom is 0.318 e. The largest absolute Gasteiger partial charge is 0.370 e. The summed E-state index contributed by atoms with van der Waals surface area (Å²) in [6, 6.07) is 0.111. The predicted octanol–water partition coefficient (Wildman–Crippen LogP) is 1.70. The lowest BCUT2D eigenvalue weighted by atomic mass is 9.78. The molecule has 15 heavy (non-hydrogen) atoms. The fraction of sp³-hybridized carbons (Fsp3) is 0.800. The van der Waals surface area contributed by atoms with Crippen molar-refractivity contribution in [3.05, 3.63) is 5.82 Å². The molecule has 1 aromatic rings. The van der Waals surface area contributed by atoms with Crippen LogP contribution in [0.3, 0.4) is 0 Å².